The average molecular weight is 366 g/mol. The van der Waals surface area contributed by atoms with E-state index in [1.807, 2.05) is 59.1 Å². The quantitative estimate of drug-likeness (QED) is 0.422. The SMILES string of the molecule is CN=C(NCCCN(C(=O)OC(C)(C)C)C(C)C)NCCn1cccc1. The van der Waals surface area contributed by atoms with E-state index in [0.29, 0.717) is 6.54 Å². The van der Waals surface area contributed by atoms with E-state index in [1.165, 1.54) is 0 Å². The number of aliphatic imine (C=N–C) groups is 1. The minimum Gasteiger partial charge on any atom is -0.444 e. The molecular weight excluding hydrogens is 330 g/mol. The van der Waals surface area contributed by atoms with Crippen LogP contribution in [-0.4, -0.2) is 59.8 Å². The third-order valence-corrected chi connectivity index (χ3v) is 3.67. The maximum atomic E-state index is 12.3. The first kappa shape index (κ1) is 21.9. The fourth-order valence-electron chi connectivity index (χ4n) is 2.38. The number of hydrogen-bond donors (Lipinski definition) is 2. The number of nitrogens with zero attached hydrogens (tertiary/aromatic N) is 3. The van der Waals surface area contributed by atoms with E-state index in [2.05, 4.69) is 20.2 Å². The molecule has 148 valence electrons. The molecule has 0 spiro atoms. The Morgan fingerprint density at radius 1 is 1.19 bits per heavy atom. The zero-order valence-corrected chi connectivity index (χ0v) is 17.1. The summed E-state index contributed by atoms with van der Waals surface area (Å²) in [5.41, 5.74) is -0.478. The Balaban J connectivity index is 2.31. The maximum absolute atomic E-state index is 12.3. The summed E-state index contributed by atoms with van der Waals surface area (Å²) in [6, 6.07) is 4.13. The minimum atomic E-state index is -0.478. The van der Waals surface area contributed by atoms with Crippen molar-refractivity contribution in [1.29, 1.82) is 0 Å². The molecule has 0 radical (unpaired) electrons. The third-order valence-electron chi connectivity index (χ3n) is 3.67. The number of hydrogen-bond acceptors (Lipinski definition) is 3. The number of carbonyl (C=O) groups excluding carboxylic acids is 1. The zero-order valence-electron chi connectivity index (χ0n) is 17.1. The van der Waals surface area contributed by atoms with Crippen LogP contribution in [0.2, 0.25) is 0 Å². The van der Waals surface area contributed by atoms with Crippen LogP contribution >= 0.6 is 0 Å². The van der Waals surface area contributed by atoms with Crippen LogP contribution in [-0.2, 0) is 11.3 Å². The number of nitrogens with one attached hydrogen (secondary N) is 2. The Hall–Kier alpha value is -2.18. The standard InChI is InChI=1S/C19H35N5O2/c1-16(2)24(18(25)26-19(3,4)5)14-9-10-21-17(20-6)22-11-15-23-12-7-8-13-23/h7-8,12-13,16H,9-11,14-15H2,1-6H3,(H2,20,21,22). The van der Waals surface area contributed by atoms with Gasteiger partial charge in [0.1, 0.15) is 5.60 Å². The van der Waals surface area contributed by atoms with Gasteiger partial charge in [-0.2, -0.15) is 0 Å². The van der Waals surface area contributed by atoms with Gasteiger partial charge in [0.15, 0.2) is 5.96 Å². The van der Waals surface area contributed by atoms with E-state index in [-0.39, 0.29) is 12.1 Å². The molecule has 0 aliphatic heterocycles. The van der Waals surface area contributed by atoms with Gasteiger partial charge in [-0.25, -0.2) is 4.79 Å². The Morgan fingerprint density at radius 2 is 1.81 bits per heavy atom. The van der Waals surface area contributed by atoms with Crippen LogP contribution in [0.4, 0.5) is 4.79 Å². The number of carbonyl (C=O) groups is 1. The lowest BCUT2D eigenvalue weighted by Crippen LogP contribution is -2.43. The second-order valence-electron chi connectivity index (χ2n) is 7.47. The maximum Gasteiger partial charge on any atom is 0.410 e. The van der Waals surface area contributed by atoms with Crippen LogP contribution in [0.15, 0.2) is 29.5 Å². The van der Waals surface area contributed by atoms with Gasteiger partial charge >= 0.3 is 6.09 Å². The van der Waals surface area contributed by atoms with E-state index in [4.69, 9.17) is 4.74 Å². The van der Waals surface area contributed by atoms with Crippen molar-refractivity contribution in [1.82, 2.24) is 20.1 Å². The minimum absolute atomic E-state index is 0.101. The van der Waals surface area contributed by atoms with Gasteiger partial charge in [-0.15, -0.1) is 0 Å². The molecule has 1 aromatic rings. The van der Waals surface area contributed by atoms with Crippen LogP contribution in [0, 0.1) is 0 Å². The number of rotatable bonds is 8. The molecule has 0 atom stereocenters. The molecule has 0 bridgehead atoms. The predicted molar refractivity (Wildman–Crippen MR) is 106 cm³/mol. The smallest absolute Gasteiger partial charge is 0.410 e. The molecule has 1 rings (SSSR count). The first-order chi connectivity index (χ1) is 12.2. The first-order valence-electron chi connectivity index (χ1n) is 9.28. The molecule has 1 amide bonds. The molecule has 2 N–H and O–H groups in total. The second kappa shape index (κ2) is 10.7. The lowest BCUT2D eigenvalue weighted by molar-refractivity contribution is 0.0190. The molecule has 26 heavy (non-hydrogen) atoms. The Labute approximate surface area is 157 Å². The number of ether oxygens (including phenoxy) is 1. The van der Waals surface area contributed by atoms with Crippen molar-refractivity contribution < 1.29 is 9.53 Å². The molecule has 7 heteroatoms. The lowest BCUT2D eigenvalue weighted by Gasteiger charge is -2.30. The van der Waals surface area contributed by atoms with Gasteiger partial charge in [-0.1, -0.05) is 0 Å². The van der Waals surface area contributed by atoms with Crippen LogP contribution in [0.5, 0.6) is 0 Å². The number of guanidine groups is 1. The molecule has 0 fully saturated rings. The molecule has 1 heterocycles. The summed E-state index contributed by atoms with van der Waals surface area (Å²) in [6.45, 7) is 12.7. The molecular formula is C19H35N5O2. The van der Waals surface area contributed by atoms with Gasteiger partial charge in [0.2, 0.25) is 0 Å². The van der Waals surface area contributed by atoms with Gasteiger partial charge < -0.3 is 24.8 Å². The second-order valence-corrected chi connectivity index (χ2v) is 7.47. The molecule has 0 saturated carbocycles. The first-order valence-corrected chi connectivity index (χ1v) is 9.28. The summed E-state index contributed by atoms with van der Waals surface area (Å²) >= 11 is 0. The van der Waals surface area contributed by atoms with Crippen molar-refractivity contribution in [3.8, 4) is 0 Å². The van der Waals surface area contributed by atoms with Crippen molar-refractivity contribution in [3.63, 3.8) is 0 Å². The van der Waals surface area contributed by atoms with Gasteiger partial charge in [-0.05, 0) is 53.2 Å². The third kappa shape index (κ3) is 8.78. The Kier molecular flexibility index (Phi) is 9.02. The van der Waals surface area contributed by atoms with Crippen molar-refractivity contribution in [2.24, 2.45) is 4.99 Å². The van der Waals surface area contributed by atoms with E-state index >= 15 is 0 Å². The zero-order chi connectivity index (χ0) is 19.6. The average Bonchev–Trinajstić information content (AvgIpc) is 3.04. The molecule has 0 saturated heterocycles. The van der Waals surface area contributed by atoms with E-state index in [1.54, 1.807) is 11.9 Å². The fraction of sp³-hybridized carbons (Fsp3) is 0.684. The normalized spacial score (nSPS) is 12.2. The highest BCUT2D eigenvalue weighted by Gasteiger charge is 2.23. The van der Waals surface area contributed by atoms with Crippen LogP contribution in [0.3, 0.4) is 0 Å². The monoisotopic (exact) mass is 365 g/mol. The van der Waals surface area contributed by atoms with Gasteiger partial charge in [-0.3, -0.25) is 4.99 Å². The van der Waals surface area contributed by atoms with E-state index in [0.717, 1.165) is 32.0 Å². The molecule has 0 aromatic carbocycles. The van der Waals surface area contributed by atoms with Gasteiger partial charge in [0, 0.05) is 51.7 Å². The van der Waals surface area contributed by atoms with E-state index in [9.17, 15) is 4.79 Å². The van der Waals surface area contributed by atoms with Crippen molar-refractivity contribution >= 4 is 12.1 Å². The molecule has 0 unspecified atom stereocenters. The van der Waals surface area contributed by atoms with Gasteiger partial charge in [0.05, 0.1) is 0 Å². The summed E-state index contributed by atoms with van der Waals surface area (Å²) in [7, 11) is 1.76. The van der Waals surface area contributed by atoms with E-state index < -0.39 is 5.60 Å². The largest absolute Gasteiger partial charge is 0.444 e. The summed E-state index contributed by atoms with van der Waals surface area (Å²) in [5.74, 6) is 0.769. The van der Waals surface area contributed by atoms with Crippen LogP contribution < -0.4 is 10.6 Å². The highest BCUT2D eigenvalue weighted by molar-refractivity contribution is 5.79. The summed E-state index contributed by atoms with van der Waals surface area (Å²) in [6.07, 6.45) is 4.63. The lowest BCUT2D eigenvalue weighted by atomic mass is 10.2. The topological polar surface area (TPSA) is 70.9 Å². The predicted octanol–water partition coefficient (Wildman–Crippen LogP) is 2.69. The number of amides is 1. The van der Waals surface area contributed by atoms with Gasteiger partial charge in [0.25, 0.3) is 0 Å². The Morgan fingerprint density at radius 3 is 2.35 bits per heavy atom. The number of aromatic nitrogens is 1. The van der Waals surface area contributed by atoms with Crippen molar-refractivity contribution in [2.45, 2.75) is 59.2 Å². The molecule has 0 aliphatic carbocycles. The highest BCUT2D eigenvalue weighted by atomic mass is 16.6. The van der Waals surface area contributed by atoms with Crippen molar-refractivity contribution in [3.05, 3.63) is 24.5 Å². The molecule has 0 aliphatic rings. The van der Waals surface area contributed by atoms with Crippen molar-refractivity contribution in [2.75, 3.05) is 26.7 Å². The van der Waals surface area contributed by atoms with Crippen LogP contribution in [0.1, 0.15) is 41.0 Å². The molecule has 7 nitrogen and oxygen atoms in total. The Bertz CT molecular complexity index is 547. The summed E-state index contributed by atoms with van der Waals surface area (Å²) in [4.78, 5) is 18.3. The fourth-order valence-corrected chi connectivity index (χ4v) is 2.38. The highest BCUT2D eigenvalue weighted by Crippen LogP contribution is 2.12. The van der Waals surface area contributed by atoms with Crippen LogP contribution in [0.25, 0.3) is 0 Å². The summed E-state index contributed by atoms with van der Waals surface area (Å²) < 4.78 is 7.59. The molecule has 1 aromatic heterocycles. The summed E-state index contributed by atoms with van der Waals surface area (Å²) in [5, 5.41) is 6.57.